The highest BCUT2D eigenvalue weighted by Gasteiger charge is 2.18. The van der Waals surface area contributed by atoms with Crippen LogP contribution in [0.25, 0.3) is 0 Å². The fourth-order valence-electron chi connectivity index (χ4n) is 3.68. The molecule has 1 N–H and O–H groups in total. The Bertz CT molecular complexity index is 1690. The summed E-state index contributed by atoms with van der Waals surface area (Å²) >= 11 is 2.15. The van der Waals surface area contributed by atoms with Gasteiger partial charge in [-0.2, -0.15) is 0 Å². The molecule has 4 aromatic rings. The summed E-state index contributed by atoms with van der Waals surface area (Å²) in [5, 5.41) is 0. The fourth-order valence-corrected chi connectivity index (χ4v) is 3.68. The number of nitrogens with zero attached hydrogens (tertiary/aromatic N) is 7. The van der Waals surface area contributed by atoms with Gasteiger partial charge in [-0.25, -0.2) is 29.5 Å². The molecular weight excluding hydrogens is 763 g/mol. The molecule has 0 amide bonds. The first-order chi connectivity index (χ1) is 23.6. The van der Waals surface area contributed by atoms with E-state index < -0.39 is 5.97 Å². The van der Waals surface area contributed by atoms with Crippen LogP contribution in [-0.2, 0) is 40.1 Å². The van der Waals surface area contributed by atoms with Crippen LogP contribution in [0.2, 0.25) is 0 Å². The van der Waals surface area contributed by atoms with Crippen LogP contribution in [0.5, 0.6) is 0 Å². The van der Waals surface area contributed by atoms with Gasteiger partial charge in [-0.15, -0.1) is 0 Å². The zero-order valence-electron chi connectivity index (χ0n) is 30.9. The molecule has 276 valence electrons. The van der Waals surface area contributed by atoms with Crippen LogP contribution in [0.1, 0.15) is 98.8 Å². The van der Waals surface area contributed by atoms with Crippen molar-refractivity contribution in [1.82, 2.24) is 38.6 Å². The number of hydrogen-bond donors (Lipinski definition) is 1. The SMILES string of the molecule is CC(=O)c1ncn(C)c1C.CCOC(=O)CC(=O)c1ncn(C)c1C.CCOC(=O)c1nc[nH]c1C.CCOC(=O)c1ncn(C)c1C.CI. The van der Waals surface area contributed by atoms with Crippen molar-refractivity contribution in [1.29, 1.82) is 0 Å². The monoisotopic (exact) mass is 812 g/mol. The second kappa shape index (κ2) is 23.6. The molecule has 4 heterocycles. The highest BCUT2D eigenvalue weighted by molar-refractivity contribution is 14.1. The minimum Gasteiger partial charge on any atom is -0.466 e. The molecule has 17 heteroatoms. The van der Waals surface area contributed by atoms with E-state index in [1.165, 1.54) is 13.3 Å². The predicted molar refractivity (Wildman–Crippen MR) is 195 cm³/mol. The van der Waals surface area contributed by atoms with Crippen molar-refractivity contribution >= 4 is 52.1 Å². The van der Waals surface area contributed by atoms with Gasteiger partial charge in [0.15, 0.2) is 23.0 Å². The number of nitrogens with one attached hydrogen (secondary N) is 1. The van der Waals surface area contributed by atoms with E-state index in [9.17, 15) is 24.0 Å². The van der Waals surface area contributed by atoms with Crippen molar-refractivity contribution < 1.29 is 38.2 Å². The average molecular weight is 813 g/mol. The van der Waals surface area contributed by atoms with Gasteiger partial charge in [-0.1, -0.05) is 22.6 Å². The number of hydrogen-bond acceptors (Lipinski definition) is 12. The lowest BCUT2D eigenvalue weighted by Gasteiger charge is -2.00. The molecule has 0 aromatic carbocycles. The van der Waals surface area contributed by atoms with Gasteiger partial charge in [0.2, 0.25) is 0 Å². The van der Waals surface area contributed by atoms with Gasteiger partial charge in [0.05, 0.1) is 45.1 Å². The third-order valence-corrected chi connectivity index (χ3v) is 6.67. The molecule has 4 rings (SSSR count). The van der Waals surface area contributed by atoms with Crippen LogP contribution >= 0.6 is 22.6 Å². The van der Waals surface area contributed by atoms with Crippen molar-refractivity contribution in [3.63, 3.8) is 0 Å². The molecule has 16 nitrogen and oxygen atoms in total. The predicted octanol–water partition coefficient (Wildman–Crippen LogP) is 4.65. The van der Waals surface area contributed by atoms with Crippen LogP contribution in [0.4, 0.5) is 0 Å². The maximum atomic E-state index is 11.6. The Morgan fingerprint density at radius 3 is 1.36 bits per heavy atom. The summed E-state index contributed by atoms with van der Waals surface area (Å²) < 4.78 is 19.6. The topological polar surface area (TPSA) is 195 Å². The van der Waals surface area contributed by atoms with E-state index in [0.717, 1.165) is 22.8 Å². The molecule has 50 heavy (non-hydrogen) atoms. The number of alkyl halides is 1. The third kappa shape index (κ3) is 14.4. The summed E-state index contributed by atoms with van der Waals surface area (Å²) in [7, 11) is 5.50. The Morgan fingerprint density at radius 1 is 0.640 bits per heavy atom. The number of carbonyl (C=O) groups excluding carboxylic acids is 5. The van der Waals surface area contributed by atoms with E-state index in [2.05, 4.69) is 52.2 Å². The van der Waals surface area contributed by atoms with Gasteiger partial charge < -0.3 is 32.9 Å². The summed E-state index contributed by atoms with van der Waals surface area (Å²) in [6, 6.07) is 0. The number of carbonyl (C=O) groups is 5. The molecule has 0 aliphatic carbocycles. The Balaban J connectivity index is 0.000000636. The number of aryl methyl sites for hydroxylation is 4. The summed E-state index contributed by atoms with van der Waals surface area (Å²) in [5.41, 5.74) is 4.92. The molecule has 0 spiro atoms. The van der Waals surface area contributed by atoms with Gasteiger partial charge in [0, 0.05) is 50.8 Å². The number of aromatic amines is 1. The van der Waals surface area contributed by atoms with Crippen LogP contribution in [-0.4, -0.2) is 92.8 Å². The van der Waals surface area contributed by atoms with Crippen LogP contribution in [0.15, 0.2) is 25.3 Å². The van der Waals surface area contributed by atoms with E-state index in [1.807, 2.05) is 37.4 Å². The highest BCUT2D eigenvalue weighted by Crippen LogP contribution is 2.08. The van der Waals surface area contributed by atoms with Crippen molar-refractivity contribution in [3.05, 3.63) is 70.9 Å². The summed E-state index contributed by atoms with van der Waals surface area (Å²) in [6.45, 7) is 15.1. The molecule has 4 aromatic heterocycles. The maximum absolute atomic E-state index is 11.6. The number of aromatic nitrogens is 8. The fraction of sp³-hybridized carbons (Fsp3) is 0.485. The van der Waals surface area contributed by atoms with Crippen molar-refractivity contribution in [3.8, 4) is 0 Å². The summed E-state index contributed by atoms with van der Waals surface area (Å²) in [6.07, 6.45) is 6.02. The lowest BCUT2D eigenvalue weighted by Crippen LogP contribution is -2.12. The number of imidazole rings is 4. The quantitative estimate of drug-likeness (QED) is 0.0615. The van der Waals surface area contributed by atoms with Gasteiger partial charge in [0.25, 0.3) is 0 Å². The molecule has 0 aliphatic rings. The van der Waals surface area contributed by atoms with Crippen molar-refractivity contribution in [2.45, 2.75) is 61.8 Å². The smallest absolute Gasteiger partial charge is 0.358 e. The molecule has 0 fully saturated rings. The molecule has 0 saturated heterocycles. The lowest BCUT2D eigenvalue weighted by molar-refractivity contribution is -0.141. The molecule has 0 aliphatic heterocycles. The molecule has 0 unspecified atom stereocenters. The maximum Gasteiger partial charge on any atom is 0.358 e. The Hall–Kier alpha value is -4.68. The zero-order valence-corrected chi connectivity index (χ0v) is 33.1. The average Bonchev–Trinajstić information content (AvgIpc) is 3.84. The Morgan fingerprint density at radius 2 is 1.04 bits per heavy atom. The highest BCUT2D eigenvalue weighted by atomic mass is 127. The number of esters is 3. The van der Waals surface area contributed by atoms with Gasteiger partial charge in [-0.3, -0.25) is 14.4 Å². The molecule has 0 atom stereocenters. The number of Topliss-reactive ketones (excluding diaryl/α,β-unsaturated/α-hetero) is 2. The summed E-state index contributed by atoms with van der Waals surface area (Å²) in [4.78, 5) is 76.0. The zero-order chi connectivity index (χ0) is 38.6. The minimum atomic E-state index is -0.507. The standard InChI is InChI=1S/C10H14N2O3.C8H12N2O2.C7H10N2O2.C7H10N2O.CH3I/c1-4-15-9(14)5-8(13)10-7(2)12(3)6-11-10;1-4-12-8(11)7-6(2)10(3)5-9-7;1-3-11-7(10)6-5(2)8-4-9-6;1-5-7(6(2)10)8-4-9(5)3;1-2/h6H,4-5H2,1-3H3;5H,4H2,1-3H3;4H,3H2,1-2H3,(H,8,9);4H,1-3H3;1H3. The third-order valence-electron chi connectivity index (χ3n) is 6.67. The summed E-state index contributed by atoms with van der Waals surface area (Å²) in [5.74, 6) is -1.50. The first kappa shape index (κ1) is 45.3. The van der Waals surface area contributed by atoms with E-state index in [4.69, 9.17) is 9.47 Å². The second-order valence-corrected chi connectivity index (χ2v) is 10.1. The number of ether oxygens (including phenoxy) is 3. The van der Waals surface area contributed by atoms with E-state index in [1.54, 1.807) is 69.8 Å². The Kier molecular flexibility index (Phi) is 21.4. The number of ketones is 2. The second-order valence-electron chi connectivity index (χ2n) is 10.1. The molecule has 0 radical (unpaired) electrons. The lowest BCUT2D eigenvalue weighted by atomic mass is 10.2. The van der Waals surface area contributed by atoms with Crippen molar-refractivity contribution in [2.24, 2.45) is 21.1 Å². The van der Waals surface area contributed by atoms with E-state index >= 15 is 0 Å². The van der Waals surface area contributed by atoms with E-state index in [-0.39, 0.29) is 36.5 Å². The number of rotatable bonds is 9. The van der Waals surface area contributed by atoms with Gasteiger partial charge in [0.1, 0.15) is 17.8 Å². The minimum absolute atomic E-state index is 0.0260. The van der Waals surface area contributed by atoms with Gasteiger partial charge in [-0.05, 0) is 53.4 Å². The molecular formula is C33H49IN8O8. The van der Waals surface area contributed by atoms with E-state index in [0.29, 0.717) is 36.0 Å². The van der Waals surface area contributed by atoms with Crippen molar-refractivity contribution in [2.75, 3.05) is 24.8 Å². The number of H-pyrrole nitrogens is 1. The van der Waals surface area contributed by atoms with Crippen LogP contribution in [0, 0.1) is 27.7 Å². The van der Waals surface area contributed by atoms with Crippen LogP contribution < -0.4 is 0 Å². The van der Waals surface area contributed by atoms with Crippen LogP contribution in [0.3, 0.4) is 0 Å². The first-order valence-electron chi connectivity index (χ1n) is 15.5. The molecule has 0 bridgehead atoms. The Labute approximate surface area is 306 Å². The van der Waals surface area contributed by atoms with Gasteiger partial charge >= 0.3 is 17.9 Å². The normalized spacial score (nSPS) is 9.62. The largest absolute Gasteiger partial charge is 0.466 e. The first-order valence-corrected chi connectivity index (χ1v) is 17.6. The molecule has 0 saturated carbocycles. The number of halogens is 1.